The highest BCUT2D eigenvalue weighted by Gasteiger charge is 2.38. The average molecular weight is 484 g/mol. The largest absolute Gasteiger partial charge is 0.491 e. The standard InChI is InChI=1S/C15H16N2O2.2C2HF3O2/c1-18-15-13(6-3-7-17-15)12-5-2-4-11-10-16-8-9-19-14(11)12;2*3-2(4,5)1(6)7/h2-7,16H,8-10H2,1H3;2*(H,6,7). The number of nitrogens with one attached hydrogen (secondary N) is 1. The molecule has 0 spiro atoms. The van der Waals surface area contributed by atoms with Gasteiger partial charge in [-0.1, -0.05) is 18.2 Å². The van der Waals surface area contributed by atoms with Crippen molar-refractivity contribution in [2.75, 3.05) is 20.3 Å². The maximum Gasteiger partial charge on any atom is 0.490 e. The molecule has 3 rings (SSSR count). The number of carboxylic acids is 2. The zero-order chi connectivity index (χ0) is 25.2. The van der Waals surface area contributed by atoms with Gasteiger partial charge < -0.3 is 25.0 Å². The van der Waals surface area contributed by atoms with E-state index >= 15 is 0 Å². The molecule has 0 saturated heterocycles. The van der Waals surface area contributed by atoms with E-state index in [4.69, 9.17) is 29.3 Å². The van der Waals surface area contributed by atoms with Gasteiger partial charge in [-0.3, -0.25) is 0 Å². The number of halogens is 6. The highest BCUT2D eigenvalue weighted by Crippen LogP contribution is 2.37. The van der Waals surface area contributed by atoms with E-state index in [9.17, 15) is 26.3 Å². The van der Waals surface area contributed by atoms with E-state index in [0.29, 0.717) is 12.5 Å². The van der Waals surface area contributed by atoms with Crippen LogP contribution >= 0.6 is 0 Å². The molecule has 0 aliphatic carbocycles. The van der Waals surface area contributed by atoms with Crippen molar-refractivity contribution in [3.05, 3.63) is 42.1 Å². The van der Waals surface area contributed by atoms with Gasteiger partial charge in [-0.15, -0.1) is 0 Å². The minimum Gasteiger partial charge on any atom is -0.491 e. The van der Waals surface area contributed by atoms with Crippen LogP contribution in [0.15, 0.2) is 36.5 Å². The summed E-state index contributed by atoms with van der Waals surface area (Å²) in [7, 11) is 1.63. The molecule has 1 aliphatic heterocycles. The van der Waals surface area contributed by atoms with Crippen molar-refractivity contribution in [1.29, 1.82) is 0 Å². The quantitative estimate of drug-likeness (QED) is 0.555. The minimum absolute atomic E-state index is 0.622. The van der Waals surface area contributed by atoms with Gasteiger partial charge in [-0.2, -0.15) is 26.3 Å². The molecule has 1 aromatic carbocycles. The first kappa shape index (κ1) is 27.5. The van der Waals surface area contributed by atoms with Crippen LogP contribution in [-0.2, 0) is 16.1 Å². The third-order valence-electron chi connectivity index (χ3n) is 3.68. The zero-order valence-electron chi connectivity index (χ0n) is 16.8. The third-order valence-corrected chi connectivity index (χ3v) is 3.68. The monoisotopic (exact) mass is 484 g/mol. The fourth-order valence-corrected chi connectivity index (χ4v) is 2.31. The van der Waals surface area contributed by atoms with Crippen molar-refractivity contribution in [1.82, 2.24) is 10.3 Å². The molecule has 2 heterocycles. The van der Waals surface area contributed by atoms with Crippen LogP contribution in [0.1, 0.15) is 5.56 Å². The Hall–Kier alpha value is -3.55. The van der Waals surface area contributed by atoms with Crippen LogP contribution in [0.2, 0.25) is 0 Å². The van der Waals surface area contributed by atoms with Gasteiger partial charge >= 0.3 is 24.3 Å². The Labute approximate surface area is 182 Å². The number of rotatable bonds is 2. The summed E-state index contributed by atoms with van der Waals surface area (Å²) < 4.78 is 74.7. The first-order chi connectivity index (χ1) is 15.3. The fraction of sp³-hybridized carbons (Fsp3) is 0.316. The molecule has 2 aromatic rings. The number of benzene rings is 1. The van der Waals surface area contributed by atoms with Gasteiger partial charge in [0.25, 0.3) is 0 Å². The Kier molecular flexibility index (Phi) is 9.91. The Morgan fingerprint density at radius 1 is 1.00 bits per heavy atom. The molecule has 14 heteroatoms. The number of hydrogen-bond donors (Lipinski definition) is 3. The highest BCUT2D eigenvalue weighted by molar-refractivity contribution is 5.76. The average Bonchev–Trinajstić information content (AvgIpc) is 2.99. The third kappa shape index (κ3) is 8.84. The molecule has 33 heavy (non-hydrogen) atoms. The first-order valence-electron chi connectivity index (χ1n) is 8.84. The van der Waals surface area contributed by atoms with E-state index in [1.165, 1.54) is 5.56 Å². The zero-order valence-corrected chi connectivity index (χ0v) is 16.8. The number of hydrogen-bond acceptors (Lipinski definition) is 6. The lowest BCUT2D eigenvalue weighted by molar-refractivity contribution is -0.193. The van der Waals surface area contributed by atoms with Crippen molar-refractivity contribution < 1.29 is 55.6 Å². The Balaban J connectivity index is 0.000000324. The van der Waals surface area contributed by atoms with E-state index in [1.807, 2.05) is 24.3 Å². The van der Waals surface area contributed by atoms with Crippen molar-refractivity contribution in [2.24, 2.45) is 0 Å². The van der Waals surface area contributed by atoms with E-state index in [1.54, 1.807) is 13.3 Å². The van der Waals surface area contributed by atoms with Gasteiger partial charge in [-0.25, -0.2) is 14.6 Å². The lowest BCUT2D eigenvalue weighted by atomic mass is 10.0. The van der Waals surface area contributed by atoms with Gasteiger partial charge in [0, 0.05) is 36.0 Å². The summed E-state index contributed by atoms with van der Waals surface area (Å²) in [5, 5.41) is 17.6. The lowest BCUT2D eigenvalue weighted by Gasteiger charge is -2.14. The number of ether oxygens (including phenoxy) is 2. The first-order valence-corrected chi connectivity index (χ1v) is 8.84. The predicted molar refractivity (Wildman–Crippen MR) is 101 cm³/mol. The maximum atomic E-state index is 10.6. The fourth-order valence-electron chi connectivity index (χ4n) is 2.31. The summed E-state index contributed by atoms with van der Waals surface area (Å²) in [6.07, 6.45) is -8.44. The van der Waals surface area contributed by atoms with Gasteiger partial charge in [0.05, 0.1) is 7.11 Å². The Bertz CT molecular complexity index is 925. The van der Waals surface area contributed by atoms with E-state index < -0.39 is 24.3 Å². The molecule has 0 fully saturated rings. The number of methoxy groups -OCH3 is 1. The molecule has 0 bridgehead atoms. The normalized spacial score (nSPS) is 12.9. The van der Waals surface area contributed by atoms with Crippen molar-refractivity contribution >= 4 is 11.9 Å². The summed E-state index contributed by atoms with van der Waals surface area (Å²) in [6, 6.07) is 10.1. The number of carboxylic acid groups (broad SMARTS) is 2. The lowest BCUT2D eigenvalue weighted by Crippen LogP contribution is -2.21. The summed E-state index contributed by atoms with van der Waals surface area (Å²) in [6.45, 7) is 2.36. The van der Waals surface area contributed by atoms with Crippen molar-refractivity contribution in [3.63, 3.8) is 0 Å². The maximum absolute atomic E-state index is 10.6. The number of fused-ring (bicyclic) bond motifs is 1. The number of carbonyl (C=O) groups is 2. The Morgan fingerprint density at radius 3 is 2.06 bits per heavy atom. The van der Waals surface area contributed by atoms with Crippen molar-refractivity contribution in [2.45, 2.75) is 18.9 Å². The van der Waals surface area contributed by atoms with Gasteiger partial charge in [-0.05, 0) is 12.1 Å². The van der Waals surface area contributed by atoms with Gasteiger partial charge in [0.2, 0.25) is 5.88 Å². The predicted octanol–water partition coefficient (Wildman–Crippen LogP) is 3.51. The topological polar surface area (TPSA) is 118 Å². The number of para-hydroxylation sites is 1. The summed E-state index contributed by atoms with van der Waals surface area (Å²) in [5.74, 6) is -3.96. The number of alkyl halides is 6. The summed E-state index contributed by atoms with van der Waals surface area (Å²) in [5.41, 5.74) is 3.16. The van der Waals surface area contributed by atoms with Crippen LogP contribution in [0.5, 0.6) is 11.6 Å². The molecule has 8 nitrogen and oxygen atoms in total. The van der Waals surface area contributed by atoms with Crippen LogP contribution in [0, 0.1) is 0 Å². The molecule has 0 saturated carbocycles. The second kappa shape index (κ2) is 11.9. The molecular weight excluding hydrogens is 466 g/mol. The molecule has 1 aliphatic rings. The van der Waals surface area contributed by atoms with Crippen LogP contribution in [0.3, 0.4) is 0 Å². The molecule has 0 atom stereocenters. The van der Waals surface area contributed by atoms with Crippen LogP contribution < -0.4 is 14.8 Å². The van der Waals surface area contributed by atoms with E-state index in [0.717, 1.165) is 30.0 Å². The number of aromatic nitrogens is 1. The molecule has 0 amide bonds. The second-order valence-corrected chi connectivity index (χ2v) is 5.99. The van der Waals surface area contributed by atoms with Gasteiger partial charge in [0.1, 0.15) is 12.4 Å². The minimum atomic E-state index is -5.08. The molecular formula is C19H18F6N2O6. The van der Waals surface area contributed by atoms with E-state index in [-0.39, 0.29) is 0 Å². The molecule has 0 radical (unpaired) electrons. The number of pyridine rings is 1. The van der Waals surface area contributed by atoms with Crippen molar-refractivity contribution in [3.8, 4) is 22.8 Å². The van der Waals surface area contributed by atoms with Crippen LogP contribution in [0.4, 0.5) is 26.3 Å². The smallest absolute Gasteiger partial charge is 0.490 e. The second-order valence-electron chi connectivity index (χ2n) is 5.99. The highest BCUT2D eigenvalue weighted by atomic mass is 19.4. The SMILES string of the molecule is COc1ncccc1-c1cccc2c1OCCNC2.O=C(O)C(F)(F)F.O=C(O)C(F)(F)F. The van der Waals surface area contributed by atoms with Crippen LogP contribution in [0.25, 0.3) is 11.1 Å². The van der Waals surface area contributed by atoms with Crippen LogP contribution in [-0.4, -0.2) is 59.7 Å². The molecule has 3 N–H and O–H groups in total. The Morgan fingerprint density at radius 2 is 1.55 bits per heavy atom. The molecule has 182 valence electrons. The van der Waals surface area contributed by atoms with E-state index in [2.05, 4.69) is 16.4 Å². The summed E-state index contributed by atoms with van der Waals surface area (Å²) in [4.78, 5) is 22.0. The number of aliphatic carboxylic acids is 2. The number of nitrogens with zero attached hydrogens (tertiary/aromatic N) is 1. The van der Waals surface area contributed by atoms with Gasteiger partial charge in [0.15, 0.2) is 0 Å². The summed E-state index contributed by atoms with van der Waals surface area (Å²) >= 11 is 0. The molecule has 1 aromatic heterocycles. The molecule has 0 unspecified atom stereocenters.